The molecule has 0 spiro atoms. The summed E-state index contributed by atoms with van der Waals surface area (Å²) >= 11 is 1.59. The second kappa shape index (κ2) is 6.50. The lowest BCUT2D eigenvalue weighted by molar-refractivity contribution is -0.139. The highest BCUT2D eigenvalue weighted by Gasteiger charge is 2.37. The van der Waals surface area contributed by atoms with Crippen molar-refractivity contribution in [2.24, 2.45) is 5.92 Å². The zero-order chi connectivity index (χ0) is 13.8. The van der Waals surface area contributed by atoms with Gasteiger partial charge in [-0.15, -0.1) is 0 Å². The summed E-state index contributed by atoms with van der Waals surface area (Å²) in [6.07, 6.45) is 6.93. The topological polar surface area (TPSA) is 69.6 Å². The van der Waals surface area contributed by atoms with Crippen LogP contribution in [0, 0.1) is 5.92 Å². The van der Waals surface area contributed by atoms with E-state index in [0.29, 0.717) is 18.4 Å². The first-order valence-electron chi connectivity index (χ1n) is 6.90. The summed E-state index contributed by atoms with van der Waals surface area (Å²) in [5, 5.41) is 11.8. The van der Waals surface area contributed by atoms with Gasteiger partial charge >= 0.3 is 12.0 Å². The highest BCUT2D eigenvalue weighted by molar-refractivity contribution is 7.98. The Hall–Kier alpha value is -0.910. The Labute approximate surface area is 118 Å². The molecular weight excluding hydrogens is 264 g/mol. The average Bonchev–Trinajstić information content (AvgIpc) is 3.24. The first-order valence-corrected chi connectivity index (χ1v) is 8.30. The number of carbonyl (C=O) groups excluding carboxylic acids is 1. The average molecular weight is 286 g/mol. The summed E-state index contributed by atoms with van der Waals surface area (Å²) in [4.78, 5) is 25.2. The number of carbonyl (C=O) groups is 2. The number of nitrogens with one attached hydrogen (secondary N) is 1. The van der Waals surface area contributed by atoms with Gasteiger partial charge in [0.15, 0.2) is 0 Å². The van der Waals surface area contributed by atoms with E-state index in [1.165, 1.54) is 12.8 Å². The zero-order valence-electron chi connectivity index (χ0n) is 11.3. The Kier molecular flexibility index (Phi) is 4.96. The molecule has 0 aromatic carbocycles. The van der Waals surface area contributed by atoms with Gasteiger partial charge in [-0.2, -0.15) is 11.8 Å². The lowest BCUT2D eigenvalue weighted by atomic mass is 10.2. The number of aliphatic carboxylic acids is 1. The van der Waals surface area contributed by atoms with Gasteiger partial charge in [0, 0.05) is 12.6 Å². The van der Waals surface area contributed by atoms with Crippen molar-refractivity contribution in [3.63, 3.8) is 0 Å². The molecule has 0 aromatic heterocycles. The number of amides is 2. The Morgan fingerprint density at radius 2 is 2.05 bits per heavy atom. The third kappa shape index (κ3) is 4.60. The van der Waals surface area contributed by atoms with Gasteiger partial charge in [-0.1, -0.05) is 0 Å². The standard InChI is InChI=1S/C13H22N2O3S/c1-19-7-6-11(12(16)17)14-13(18)15(10-4-5-10)8-9-2-3-9/h9-11H,2-8H2,1H3,(H,14,18)(H,16,17)/t11-/m1/s1. The molecule has 2 aliphatic carbocycles. The molecular formula is C13H22N2O3S. The van der Waals surface area contributed by atoms with E-state index in [0.717, 1.165) is 25.1 Å². The van der Waals surface area contributed by atoms with E-state index in [2.05, 4.69) is 5.32 Å². The molecule has 19 heavy (non-hydrogen) atoms. The number of thioether (sulfide) groups is 1. The van der Waals surface area contributed by atoms with Crippen molar-refractivity contribution < 1.29 is 14.7 Å². The van der Waals surface area contributed by atoms with E-state index in [1.807, 2.05) is 11.2 Å². The molecule has 2 saturated carbocycles. The predicted molar refractivity (Wildman–Crippen MR) is 75.4 cm³/mol. The van der Waals surface area contributed by atoms with Crippen LogP contribution in [0.1, 0.15) is 32.1 Å². The zero-order valence-corrected chi connectivity index (χ0v) is 12.1. The van der Waals surface area contributed by atoms with Crippen LogP contribution in [0.25, 0.3) is 0 Å². The minimum Gasteiger partial charge on any atom is -0.480 e. The fourth-order valence-corrected chi connectivity index (χ4v) is 2.56. The van der Waals surface area contributed by atoms with Gasteiger partial charge in [0.05, 0.1) is 0 Å². The van der Waals surface area contributed by atoms with E-state index >= 15 is 0 Å². The van der Waals surface area contributed by atoms with Crippen molar-refractivity contribution >= 4 is 23.8 Å². The van der Waals surface area contributed by atoms with E-state index in [1.54, 1.807) is 11.8 Å². The quantitative estimate of drug-likeness (QED) is 0.713. The maximum absolute atomic E-state index is 12.2. The molecule has 0 heterocycles. The van der Waals surface area contributed by atoms with Crippen molar-refractivity contribution in [3.8, 4) is 0 Å². The van der Waals surface area contributed by atoms with Crippen LogP contribution in [0.2, 0.25) is 0 Å². The van der Waals surface area contributed by atoms with Gasteiger partial charge in [-0.3, -0.25) is 0 Å². The van der Waals surface area contributed by atoms with Crippen molar-refractivity contribution in [3.05, 3.63) is 0 Å². The fraction of sp³-hybridized carbons (Fsp3) is 0.846. The first-order chi connectivity index (χ1) is 9.11. The molecule has 2 N–H and O–H groups in total. The van der Waals surface area contributed by atoms with Crippen molar-refractivity contribution in [2.75, 3.05) is 18.6 Å². The lowest BCUT2D eigenvalue weighted by Crippen LogP contribution is -2.49. The van der Waals surface area contributed by atoms with Crippen LogP contribution in [-0.2, 0) is 4.79 Å². The van der Waals surface area contributed by atoms with E-state index in [-0.39, 0.29) is 6.03 Å². The molecule has 6 heteroatoms. The lowest BCUT2D eigenvalue weighted by Gasteiger charge is -2.25. The van der Waals surface area contributed by atoms with Crippen molar-refractivity contribution in [1.29, 1.82) is 0 Å². The number of carboxylic acids is 1. The second-order valence-corrected chi connectivity index (χ2v) is 6.43. The van der Waals surface area contributed by atoms with Crippen molar-refractivity contribution in [2.45, 2.75) is 44.2 Å². The molecule has 0 saturated heterocycles. The molecule has 2 fully saturated rings. The number of nitrogens with zero attached hydrogens (tertiary/aromatic N) is 1. The maximum Gasteiger partial charge on any atom is 0.326 e. The van der Waals surface area contributed by atoms with Gasteiger partial charge < -0.3 is 15.3 Å². The summed E-state index contributed by atoms with van der Waals surface area (Å²) in [6.45, 7) is 0.797. The highest BCUT2D eigenvalue weighted by Crippen LogP contribution is 2.34. The number of rotatable bonds is 8. The molecule has 0 bridgehead atoms. The molecule has 2 aliphatic rings. The van der Waals surface area contributed by atoms with Gasteiger partial charge in [0.1, 0.15) is 6.04 Å². The van der Waals surface area contributed by atoms with Gasteiger partial charge in [-0.25, -0.2) is 9.59 Å². The Morgan fingerprint density at radius 3 is 2.53 bits per heavy atom. The van der Waals surface area contributed by atoms with Gasteiger partial charge in [0.25, 0.3) is 0 Å². The number of hydrogen-bond donors (Lipinski definition) is 2. The monoisotopic (exact) mass is 286 g/mol. The molecule has 5 nitrogen and oxygen atoms in total. The smallest absolute Gasteiger partial charge is 0.326 e. The molecule has 2 amide bonds. The maximum atomic E-state index is 12.2. The summed E-state index contributed by atoms with van der Waals surface area (Å²) in [7, 11) is 0. The van der Waals surface area contributed by atoms with E-state index in [4.69, 9.17) is 5.11 Å². The predicted octanol–water partition coefficient (Wildman–Crippen LogP) is 1.78. The number of carboxylic acid groups (broad SMARTS) is 1. The van der Waals surface area contributed by atoms with Crippen LogP contribution >= 0.6 is 11.8 Å². The third-order valence-corrected chi connectivity index (χ3v) is 4.25. The van der Waals surface area contributed by atoms with Crippen molar-refractivity contribution in [1.82, 2.24) is 10.2 Å². The third-order valence-electron chi connectivity index (χ3n) is 3.61. The Balaban J connectivity index is 1.86. The van der Waals surface area contributed by atoms with Crippen LogP contribution in [0.5, 0.6) is 0 Å². The molecule has 0 aliphatic heterocycles. The van der Waals surface area contributed by atoms with Gasteiger partial charge in [0.2, 0.25) is 0 Å². The van der Waals surface area contributed by atoms with Crippen LogP contribution in [-0.4, -0.2) is 52.6 Å². The largest absolute Gasteiger partial charge is 0.480 e. The summed E-state index contributed by atoms with van der Waals surface area (Å²) < 4.78 is 0. The summed E-state index contributed by atoms with van der Waals surface area (Å²) in [5.41, 5.74) is 0. The van der Waals surface area contributed by atoms with Crippen LogP contribution in [0.3, 0.4) is 0 Å². The highest BCUT2D eigenvalue weighted by atomic mass is 32.2. The Morgan fingerprint density at radius 1 is 1.37 bits per heavy atom. The minimum absolute atomic E-state index is 0.192. The summed E-state index contributed by atoms with van der Waals surface area (Å²) in [5.74, 6) is 0.439. The van der Waals surface area contributed by atoms with E-state index in [9.17, 15) is 9.59 Å². The molecule has 0 radical (unpaired) electrons. The minimum atomic E-state index is -0.940. The van der Waals surface area contributed by atoms with Crippen LogP contribution in [0.4, 0.5) is 4.79 Å². The summed E-state index contributed by atoms with van der Waals surface area (Å²) in [6, 6.07) is -0.612. The number of hydrogen-bond acceptors (Lipinski definition) is 3. The normalized spacial score (nSPS) is 19.8. The van der Waals surface area contributed by atoms with Crippen LogP contribution < -0.4 is 5.32 Å². The fourth-order valence-electron chi connectivity index (χ4n) is 2.09. The van der Waals surface area contributed by atoms with Crippen LogP contribution in [0.15, 0.2) is 0 Å². The molecule has 1 atom stereocenters. The van der Waals surface area contributed by atoms with E-state index < -0.39 is 12.0 Å². The first kappa shape index (κ1) is 14.5. The Bertz CT molecular complexity index is 343. The molecule has 108 valence electrons. The molecule has 0 aromatic rings. The van der Waals surface area contributed by atoms with Gasteiger partial charge in [-0.05, 0) is 50.0 Å². The SMILES string of the molecule is CSCC[C@@H](NC(=O)N(CC1CC1)C1CC1)C(=O)O. The second-order valence-electron chi connectivity index (χ2n) is 5.45. The molecule has 2 rings (SSSR count). The molecule has 0 unspecified atom stereocenters. The number of urea groups is 1.